The van der Waals surface area contributed by atoms with Gasteiger partial charge >= 0.3 is 0 Å². The Kier molecular flexibility index (Phi) is 6.41. The van der Waals surface area contributed by atoms with E-state index in [1.54, 1.807) is 32.4 Å². The average molecular weight is 457 g/mol. The van der Waals surface area contributed by atoms with E-state index >= 15 is 0 Å². The van der Waals surface area contributed by atoms with Gasteiger partial charge in [0.2, 0.25) is 0 Å². The molecule has 0 saturated heterocycles. The fourth-order valence-electron chi connectivity index (χ4n) is 4.16. The van der Waals surface area contributed by atoms with Crippen molar-refractivity contribution in [3.63, 3.8) is 0 Å². The highest BCUT2D eigenvalue weighted by Crippen LogP contribution is 2.38. The van der Waals surface area contributed by atoms with E-state index in [0.717, 1.165) is 16.7 Å². The summed E-state index contributed by atoms with van der Waals surface area (Å²) in [6.45, 7) is 4.45. The van der Waals surface area contributed by atoms with Gasteiger partial charge < -0.3 is 14.4 Å². The number of rotatable bonds is 7. The molecule has 6 nitrogen and oxygen atoms in total. The van der Waals surface area contributed by atoms with Gasteiger partial charge in [-0.15, -0.1) is 0 Å². The SMILES string of the molecule is COc1ccc(C2=C(N(C)Cc3ccccc3)C(=O)N(c3ccc(C)c(C)c3)C2=O)cc1OC. The lowest BCUT2D eigenvalue weighted by molar-refractivity contribution is -0.120. The molecular weight excluding hydrogens is 428 g/mol. The zero-order valence-electron chi connectivity index (χ0n) is 20.1. The van der Waals surface area contributed by atoms with Crippen molar-refractivity contribution in [3.8, 4) is 11.5 Å². The van der Waals surface area contributed by atoms with Gasteiger partial charge in [-0.05, 0) is 60.4 Å². The number of carbonyl (C=O) groups excluding carboxylic acids is 2. The Morgan fingerprint density at radius 1 is 0.794 bits per heavy atom. The summed E-state index contributed by atoms with van der Waals surface area (Å²) in [4.78, 5) is 30.6. The van der Waals surface area contributed by atoms with E-state index in [1.807, 2.05) is 74.3 Å². The number of carbonyl (C=O) groups is 2. The number of imide groups is 1. The van der Waals surface area contributed by atoms with Gasteiger partial charge in [0.1, 0.15) is 5.70 Å². The minimum absolute atomic E-state index is 0.336. The summed E-state index contributed by atoms with van der Waals surface area (Å²) >= 11 is 0. The van der Waals surface area contributed by atoms with Gasteiger partial charge in [0.15, 0.2) is 11.5 Å². The molecule has 6 heteroatoms. The lowest BCUT2D eigenvalue weighted by Gasteiger charge is -2.22. The van der Waals surface area contributed by atoms with Crippen LogP contribution in [0, 0.1) is 13.8 Å². The Morgan fingerprint density at radius 2 is 1.50 bits per heavy atom. The Bertz CT molecular complexity index is 1280. The molecule has 0 radical (unpaired) electrons. The molecule has 3 aromatic rings. The number of hydrogen-bond acceptors (Lipinski definition) is 5. The molecule has 0 aliphatic carbocycles. The van der Waals surface area contributed by atoms with Crippen LogP contribution in [-0.2, 0) is 16.1 Å². The zero-order valence-corrected chi connectivity index (χ0v) is 20.1. The van der Waals surface area contributed by atoms with Crippen molar-refractivity contribution in [2.75, 3.05) is 26.2 Å². The smallest absolute Gasteiger partial charge is 0.282 e. The second kappa shape index (κ2) is 9.43. The molecule has 174 valence electrons. The Balaban J connectivity index is 1.84. The monoisotopic (exact) mass is 456 g/mol. The molecule has 0 fully saturated rings. The highest BCUT2D eigenvalue weighted by molar-refractivity contribution is 6.45. The van der Waals surface area contributed by atoms with E-state index in [-0.39, 0.29) is 11.8 Å². The summed E-state index contributed by atoms with van der Waals surface area (Å²) in [5.74, 6) is 0.322. The van der Waals surface area contributed by atoms with Crippen LogP contribution in [0.3, 0.4) is 0 Å². The lowest BCUT2D eigenvalue weighted by Crippen LogP contribution is -2.34. The van der Waals surface area contributed by atoms with Crippen LogP contribution >= 0.6 is 0 Å². The summed E-state index contributed by atoms with van der Waals surface area (Å²) in [5, 5.41) is 0. The lowest BCUT2D eigenvalue weighted by atomic mass is 10.0. The predicted octanol–water partition coefficient (Wildman–Crippen LogP) is 4.74. The van der Waals surface area contributed by atoms with Crippen LogP contribution in [0.15, 0.2) is 72.4 Å². The van der Waals surface area contributed by atoms with E-state index in [9.17, 15) is 9.59 Å². The normalized spacial score (nSPS) is 13.5. The van der Waals surface area contributed by atoms with Crippen LogP contribution in [0.5, 0.6) is 11.5 Å². The van der Waals surface area contributed by atoms with Gasteiger partial charge in [-0.25, -0.2) is 4.90 Å². The van der Waals surface area contributed by atoms with Gasteiger partial charge in [0, 0.05) is 13.6 Å². The van der Waals surface area contributed by atoms with Crippen LogP contribution in [0.1, 0.15) is 22.3 Å². The van der Waals surface area contributed by atoms with Crippen LogP contribution < -0.4 is 14.4 Å². The summed E-state index contributed by atoms with van der Waals surface area (Å²) in [7, 11) is 4.93. The molecule has 4 rings (SSSR count). The largest absolute Gasteiger partial charge is 0.493 e. The van der Waals surface area contributed by atoms with Crippen molar-refractivity contribution in [1.82, 2.24) is 4.90 Å². The molecule has 3 aromatic carbocycles. The molecule has 0 N–H and O–H groups in total. The summed E-state index contributed by atoms with van der Waals surface area (Å²) in [6.07, 6.45) is 0. The average Bonchev–Trinajstić information content (AvgIpc) is 3.11. The number of hydrogen-bond donors (Lipinski definition) is 0. The topological polar surface area (TPSA) is 59.1 Å². The standard InChI is InChI=1S/C28H28N2O4/c1-18-11-13-22(15-19(18)2)30-27(31)25(21-12-14-23(33-4)24(16-21)34-5)26(28(30)32)29(3)17-20-9-7-6-8-10-20/h6-16H,17H2,1-5H3. The van der Waals surface area contributed by atoms with E-state index in [1.165, 1.54) is 4.90 Å². The molecule has 1 aliphatic heterocycles. The van der Waals surface area contributed by atoms with E-state index in [2.05, 4.69) is 0 Å². The summed E-state index contributed by atoms with van der Waals surface area (Å²) in [6, 6.07) is 20.7. The van der Waals surface area contributed by atoms with Crippen molar-refractivity contribution >= 4 is 23.1 Å². The second-order valence-electron chi connectivity index (χ2n) is 8.35. The second-order valence-corrected chi connectivity index (χ2v) is 8.35. The molecule has 1 aliphatic rings. The zero-order chi connectivity index (χ0) is 24.4. The van der Waals surface area contributed by atoms with Gasteiger partial charge in [0.05, 0.1) is 25.5 Å². The predicted molar refractivity (Wildman–Crippen MR) is 133 cm³/mol. The first kappa shape index (κ1) is 23.1. The van der Waals surface area contributed by atoms with Gasteiger partial charge in [-0.2, -0.15) is 0 Å². The van der Waals surface area contributed by atoms with E-state index in [0.29, 0.717) is 40.6 Å². The third-order valence-electron chi connectivity index (χ3n) is 6.12. The number of nitrogens with zero attached hydrogens (tertiary/aromatic N) is 2. The first-order valence-electron chi connectivity index (χ1n) is 11.0. The molecule has 2 amide bonds. The molecule has 0 aromatic heterocycles. The number of methoxy groups -OCH3 is 2. The number of benzene rings is 3. The quantitative estimate of drug-likeness (QED) is 0.481. The van der Waals surface area contributed by atoms with Crippen molar-refractivity contribution in [1.29, 1.82) is 0 Å². The number of likely N-dealkylation sites (N-methyl/N-ethyl adjacent to an activating group) is 1. The van der Waals surface area contributed by atoms with E-state index in [4.69, 9.17) is 9.47 Å². The number of amides is 2. The molecule has 0 atom stereocenters. The fourth-order valence-corrected chi connectivity index (χ4v) is 4.16. The molecule has 0 spiro atoms. The number of aryl methyl sites for hydroxylation is 2. The van der Waals surface area contributed by atoms with Crippen molar-refractivity contribution < 1.29 is 19.1 Å². The number of anilines is 1. The van der Waals surface area contributed by atoms with Crippen LogP contribution in [0.4, 0.5) is 5.69 Å². The molecular formula is C28H28N2O4. The van der Waals surface area contributed by atoms with Crippen molar-refractivity contribution in [2.24, 2.45) is 0 Å². The first-order chi connectivity index (χ1) is 16.3. The minimum atomic E-state index is -0.365. The molecule has 34 heavy (non-hydrogen) atoms. The maximum absolute atomic E-state index is 13.8. The van der Waals surface area contributed by atoms with Crippen molar-refractivity contribution in [2.45, 2.75) is 20.4 Å². The molecule has 0 bridgehead atoms. The van der Waals surface area contributed by atoms with E-state index < -0.39 is 0 Å². The van der Waals surface area contributed by atoms with Crippen molar-refractivity contribution in [3.05, 3.63) is 94.7 Å². The maximum Gasteiger partial charge on any atom is 0.282 e. The number of ether oxygens (including phenoxy) is 2. The van der Waals surface area contributed by atoms with Crippen LogP contribution in [0.2, 0.25) is 0 Å². The summed E-state index contributed by atoms with van der Waals surface area (Å²) in [5.41, 5.74) is 4.97. The molecule has 1 heterocycles. The first-order valence-corrected chi connectivity index (χ1v) is 11.0. The Labute approximate surface area is 200 Å². The highest BCUT2D eigenvalue weighted by atomic mass is 16.5. The third kappa shape index (κ3) is 4.15. The maximum atomic E-state index is 13.8. The third-order valence-corrected chi connectivity index (χ3v) is 6.12. The van der Waals surface area contributed by atoms with Gasteiger partial charge in [0.25, 0.3) is 11.8 Å². The molecule has 0 unspecified atom stereocenters. The van der Waals surface area contributed by atoms with Crippen LogP contribution in [-0.4, -0.2) is 38.0 Å². The highest BCUT2D eigenvalue weighted by Gasteiger charge is 2.42. The summed E-state index contributed by atoms with van der Waals surface area (Å²) < 4.78 is 10.8. The van der Waals surface area contributed by atoms with Crippen LogP contribution in [0.25, 0.3) is 5.57 Å². The van der Waals surface area contributed by atoms with Gasteiger partial charge in [-0.1, -0.05) is 42.5 Å². The molecule has 0 saturated carbocycles. The van der Waals surface area contributed by atoms with Gasteiger partial charge in [-0.3, -0.25) is 9.59 Å². The Morgan fingerprint density at radius 3 is 2.15 bits per heavy atom. The minimum Gasteiger partial charge on any atom is -0.493 e. The Hall–Kier alpha value is -4.06. The fraction of sp³-hybridized carbons (Fsp3) is 0.214.